The molecule has 1 N–H and O–H groups in total. The standard InChI is InChI=1S/C17H13F3N2O3/c18-17(19,20)12-7-5-11(6-8-12)9-21-13-3-1-2-4-14(13)22(16(21)25)10-15(23)24/h1-8H,9-10H2,(H,23,24). The van der Waals surface area contributed by atoms with Gasteiger partial charge in [-0.1, -0.05) is 24.3 Å². The number of carboxylic acid groups (broad SMARTS) is 1. The Morgan fingerprint density at radius 3 is 2.04 bits per heavy atom. The summed E-state index contributed by atoms with van der Waals surface area (Å²) in [5, 5.41) is 8.98. The van der Waals surface area contributed by atoms with Crippen molar-refractivity contribution in [2.24, 2.45) is 0 Å². The van der Waals surface area contributed by atoms with Gasteiger partial charge in [-0.05, 0) is 29.8 Å². The maximum absolute atomic E-state index is 12.6. The van der Waals surface area contributed by atoms with E-state index in [2.05, 4.69) is 0 Å². The van der Waals surface area contributed by atoms with E-state index in [0.29, 0.717) is 16.6 Å². The molecular formula is C17H13F3N2O3. The number of para-hydroxylation sites is 2. The molecule has 0 aliphatic carbocycles. The summed E-state index contributed by atoms with van der Waals surface area (Å²) in [6.45, 7) is -0.441. The smallest absolute Gasteiger partial charge is 0.416 e. The fourth-order valence-corrected chi connectivity index (χ4v) is 2.70. The van der Waals surface area contributed by atoms with Gasteiger partial charge in [-0.25, -0.2) is 4.79 Å². The number of halogens is 3. The van der Waals surface area contributed by atoms with Crippen LogP contribution in [0.4, 0.5) is 13.2 Å². The third kappa shape index (κ3) is 3.28. The largest absolute Gasteiger partial charge is 0.480 e. The fourth-order valence-electron chi connectivity index (χ4n) is 2.70. The molecule has 8 heteroatoms. The summed E-state index contributed by atoms with van der Waals surface area (Å²) in [7, 11) is 0. The molecule has 5 nitrogen and oxygen atoms in total. The van der Waals surface area contributed by atoms with Gasteiger partial charge in [0.2, 0.25) is 0 Å². The van der Waals surface area contributed by atoms with Crippen LogP contribution in [0.1, 0.15) is 11.1 Å². The average Bonchev–Trinajstić information content (AvgIpc) is 2.80. The topological polar surface area (TPSA) is 64.2 Å². The van der Waals surface area contributed by atoms with Gasteiger partial charge in [0.1, 0.15) is 6.54 Å². The van der Waals surface area contributed by atoms with Crippen molar-refractivity contribution in [2.45, 2.75) is 19.3 Å². The molecule has 1 heterocycles. The number of aliphatic carboxylic acids is 1. The molecule has 3 aromatic rings. The maximum Gasteiger partial charge on any atom is 0.416 e. The lowest BCUT2D eigenvalue weighted by molar-refractivity contribution is -0.138. The van der Waals surface area contributed by atoms with Crippen molar-refractivity contribution in [1.82, 2.24) is 9.13 Å². The van der Waals surface area contributed by atoms with E-state index in [1.165, 1.54) is 16.7 Å². The van der Waals surface area contributed by atoms with Crippen LogP contribution in [0.25, 0.3) is 11.0 Å². The van der Waals surface area contributed by atoms with Crippen LogP contribution in [-0.2, 0) is 24.1 Å². The van der Waals surface area contributed by atoms with Gasteiger partial charge in [-0.2, -0.15) is 13.2 Å². The van der Waals surface area contributed by atoms with Crippen molar-refractivity contribution >= 4 is 17.0 Å². The number of nitrogens with zero attached hydrogens (tertiary/aromatic N) is 2. The molecule has 0 unspecified atom stereocenters. The van der Waals surface area contributed by atoms with Crippen LogP contribution in [0.15, 0.2) is 53.3 Å². The van der Waals surface area contributed by atoms with E-state index in [-0.39, 0.29) is 6.54 Å². The van der Waals surface area contributed by atoms with E-state index >= 15 is 0 Å². The molecule has 0 aliphatic heterocycles. The zero-order valence-corrected chi connectivity index (χ0v) is 12.8. The summed E-state index contributed by atoms with van der Waals surface area (Å²) in [4.78, 5) is 23.5. The first-order valence-corrected chi connectivity index (χ1v) is 7.33. The molecule has 0 radical (unpaired) electrons. The van der Waals surface area contributed by atoms with Crippen LogP contribution in [0.5, 0.6) is 0 Å². The molecule has 0 aliphatic rings. The van der Waals surface area contributed by atoms with Crippen LogP contribution >= 0.6 is 0 Å². The zero-order valence-electron chi connectivity index (χ0n) is 12.8. The first kappa shape index (κ1) is 16.8. The lowest BCUT2D eigenvalue weighted by atomic mass is 10.1. The van der Waals surface area contributed by atoms with Gasteiger partial charge in [0.25, 0.3) is 0 Å². The van der Waals surface area contributed by atoms with Gasteiger partial charge in [0.05, 0.1) is 23.1 Å². The van der Waals surface area contributed by atoms with Gasteiger partial charge >= 0.3 is 17.8 Å². The lowest BCUT2D eigenvalue weighted by Gasteiger charge is -2.08. The number of rotatable bonds is 4. The highest BCUT2D eigenvalue weighted by Gasteiger charge is 2.30. The third-order valence-corrected chi connectivity index (χ3v) is 3.84. The molecule has 130 valence electrons. The predicted octanol–water partition coefficient (Wildman–Crippen LogP) is 2.95. The Balaban J connectivity index is 2.03. The highest BCUT2D eigenvalue weighted by atomic mass is 19.4. The van der Waals surface area contributed by atoms with E-state index in [4.69, 9.17) is 5.11 Å². The lowest BCUT2D eigenvalue weighted by Crippen LogP contribution is -2.27. The van der Waals surface area contributed by atoms with Crippen LogP contribution in [-0.4, -0.2) is 20.2 Å². The van der Waals surface area contributed by atoms with E-state index in [1.807, 2.05) is 0 Å². The summed E-state index contributed by atoms with van der Waals surface area (Å²) in [5.74, 6) is -1.15. The number of aromatic nitrogens is 2. The second kappa shape index (κ2) is 6.12. The van der Waals surface area contributed by atoms with E-state index in [0.717, 1.165) is 16.7 Å². The van der Waals surface area contributed by atoms with Crippen molar-refractivity contribution < 1.29 is 23.1 Å². The minimum atomic E-state index is -4.42. The van der Waals surface area contributed by atoms with Gasteiger partial charge in [-0.15, -0.1) is 0 Å². The van der Waals surface area contributed by atoms with Gasteiger partial charge < -0.3 is 5.11 Å². The Kier molecular flexibility index (Phi) is 4.12. The molecule has 3 rings (SSSR count). The highest BCUT2D eigenvalue weighted by molar-refractivity contribution is 5.78. The van der Waals surface area contributed by atoms with E-state index < -0.39 is 29.9 Å². The van der Waals surface area contributed by atoms with Crippen molar-refractivity contribution in [2.75, 3.05) is 0 Å². The van der Waals surface area contributed by atoms with Gasteiger partial charge in [-0.3, -0.25) is 13.9 Å². The van der Waals surface area contributed by atoms with Crippen LogP contribution < -0.4 is 5.69 Å². The van der Waals surface area contributed by atoms with Crippen LogP contribution in [0.2, 0.25) is 0 Å². The summed E-state index contributed by atoms with van der Waals surface area (Å²) in [6.07, 6.45) is -4.42. The second-order valence-electron chi connectivity index (χ2n) is 5.53. The van der Waals surface area contributed by atoms with Gasteiger partial charge in [0, 0.05) is 0 Å². The highest BCUT2D eigenvalue weighted by Crippen LogP contribution is 2.29. The van der Waals surface area contributed by atoms with Crippen molar-refractivity contribution in [3.05, 3.63) is 70.1 Å². The Labute approximate surface area is 139 Å². The summed E-state index contributed by atoms with van der Waals surface area (Å²) >= 11 is 0. The number of fused-ring (bicyclic) bond motifs is 1. The number of benzene rings is 2. The zero-order chi connectivity index (χ0) is 18.2. The molecule has 25 heavy (non-hydrogen) atoms. The first-order chi connectivity index (χ1) is 11.8. The predicted molar refractivity (Wildman–Crippen MR) is 84.4 cm³/mol. The number of hydrogen-bond acceptors (Lipinski definition) is 2. The number of carboxylic acids is 1. The Bertz CT molecular complexity index is 985. The molecule has 0 saturated heterocycles. The first-order valence-electron chi connectivity index (χ1n) is 7.33. The van der Waals surface area contributed by atoms with Crippen molar-refractivity contribution in [3.8, 4) is 0 Å². The second-order valence-corrected chi connectivity index (χ2v) is 5.53. The molecule has 0 saturated carbocycles. The number of hydrogen-bond donors (Lipinski definition) is 1. The molecule has 0 spiro atoms. The molecule has 1 aromatic heterocycles. The molecule has 0 amide bonds. The normalized spacial score (nSPS) is 11.8. The maximum atomic E-state index is 12.6. The van der Waals surface area contributed by atoms with Gasteiger partial charge in [0.15, 0.2) is 0 Å². The average molecular weight is 350 g/mol. The molecule has 0 fully saturated rings. The number of alkyl halides is 3. The number of imidazole rings is 1. The Morgan fingerprint density at radius 1 is 0.960 bits per heavy atom. The summed E-state index contributed by atoms with van der Waals surface area (Å²) < 4.78 is 40.4. The van der Waals surface area contributed by atoms with Crippen LogP contribution in [0.3, 0.4) is 0 Å². The summed E-state index contributed by atoms with van der Waals surface area (Å²) in [5.41, 5.74) is 0.198. The molecule has 0 atom stereocenters. The van der Waals surface area contributed by atoms with E-state index in [9.17, 15) is 22.8 Å². The fraction of sp³-hybridized carbons (Fsp3) is 0.176. The van der Waals surface area contributed by atoms with Crippen LogP contribution in [0, 0.1) is 0 Å². The number of carbonyl (C=O) groups is 1. The minimum absolute atomic E-state index is 0.0457. The van der Waals surface area contributed by atoms with E-state index in [1.54, 1.807) is 24.3 Å². The monoisotopic (exact) mass is 350 g/mol. The Morgan fingerprint density at radius 2 is 1.52 bits per heavy atom. The third-order valence-electron chi connectivity index (χ3n) is 3.84. The molecule has 0 bridgehead atoms. The SMILES string of the molecule is O=C(O)Cn1c(=O)n(Cc2ccc(C(F)(F)F)cc2)c2ccccc21. The van der Waals surface area contributed by atoms with Crippen molar-refractivity contribution in [3.63, 3.8) is 0 Å². The molecule has 2 aromatic carbocycles. The summed E-state index contributed by atoms with van der Waals surface area (Å²) in [6, 6.07) is 11.2. The van der Waals surface area contributed by atoms with Crippen molar-refractivity contribution in [1.29, 1.82) is 0 Å². The minimum Gasteiger partial charge on any atom is -0.480 e. The molecular weight excluding hydrogens is 337 g/mol. The Hall–Kier alpha value is -3.03. The quantitative estimate of drug-likeness (QED) is 0.787.